The van der Waals surface area contributed by atoms with Crippen molar-refractivity contribution in [1.82, 2.24) is 9.97 Å². The SMILES string of the molecule is C=CCc1[nH]c(=O)[nH]c1O. The molecule has 4 heteroatoms. The second kappa shape index (κ2) is 2.43. The van der Waals surface area contributed by atoms with Gasteiger partial charge in [-0.1, -0.05) is 6.08 Å². The van der Waals surface area contributed by atoms with Crippen LogP contribution in [0.3, 0.4) is 0 Å². The molecule has 3 N–H and O–H groups in total. The molecule has 54 valence electrons. The van der Waals surface area contributed by atoms with Crippen molar-refractivity contribution in [2.75, 3.05) is 0 Å². The highest BCUT2D eigenvalue weighted by Gasteiger charge is 2.00. The van der Waals surface area contributed by atoms with E-state index in [0.29, 0.717) is 12.1 Å². The minimum atomic E-state index is -0.394. The van der Waals surface area contributed by atoms with E-state index in [0.717, 1.165) is 0 Å². The number of rotatable bonds is 2. The number of aromatic amines is 2. The van der Waals surface area contributed by atoms with Crippen LogP contribution in [-0.2, 0) is 6.42 Å². The van der Waals surface area contributed by atoms with E-state index in [1.165, 1.54) is 0 Å². The summed E-state index contributed by atoms with van der Waals surface area (Å²) in [5.41, 5.74) is 0.0781. The Labute approximate surface area is 57.2 Å². The highest BCUT2D eigenvalue weighted by atomic mass is 16.3. The molecule has 0 atom stereocenters. The fraction of sp³-hybridized carbons (Fsp3) is 0.167. The minimum Gasteiger partial charge on any atom is -0.493 e. The molecule has 1 rings (SSSR count). The molecule has 0 saturated carbocycles. The van der Waals surface area contributed by atoms with Gasteiger partial charge in [-0.05, 0) is 0 Å². The van der Waals surface area contributed by atoms with E-state index in [-0.39, 0.29) is 5.88 Å². The maximum absolute atomic E-state index is 10.5. The molecule has 1 heterocycles. The monoisotopic (exact) mass is 140 g/mol. The number of hydrogen-bond acceptors (Lipinski definition) is 2. The molecule has 10 heavy (non-hydrogen) atoms. The Morgan fingerprint density at radius 1 is 1.60 bits per heavy atom. The third-order valence-corrected chi connectivity index (χ3v) is 1.13. The van der Waals surface area contributed by atoms with Crippen LogP contribution in [0.2, 0.25) is 0 Å². The fourth-order valence-electron chi connectivity index (χ4n) is 0.703. The summed E-state index contributed by atoms with van der Waals surface area (Å²) in [5.74, 6) is -0.107. The summed E-state index contributed by atoms with van der Waals surface area (Å²) in [6.07, 6.45) is 2.06. The van der Waals surface area contributed by atoms with Gasteiger partial charge in [-0.2, -0.15) is 0 Å². The van der Waals surface area contributed by atoms with E-state index in [4.69, 9.17) is 5.11 Å². The predicted molar refractivity (Wildman–Crippen MR) is 37.0 cm³/mol. The number of imidazole rings is 1. The zero-order valence-corrected chi connectivity index (χ0v) is 5.35. The van der Waals surface area contributed by atoms with E-state index < -0.39 is 5.69 Å². The minimum absolute atomic E-state index is 0.107. The van der Waals surface area contributed by atoms with Crippen molar-refractivity contribution >= 4 is 0 Å². The van der Waals surface area contributed by atoms with E-state index >= 15 is 0 Å². The van der Waals surface area contributed by atoms with Crippen LogP contribution in [0.5, 0.6) is 5.88 Å². The van der Waals surface area contributed by atoms with Crippen molar-refractivity contribution in [3.8, 4) is 5.88 Å². The summed E-state index contributed by atoms with van der Waals surface area (Å²) in [6, 6.07) is 0. The second-order valence-electron chi connectivity index (χ2n) is 1.90. The number of H-pyrrole nitrogens is 2. The van der Waals surface area contributed by atoms with Crippen LogP contribution in [-0.4, -0.2) is 15.1 Å². The largest absolute Gasteiger partial charge is 0.493 e. The predicted octanol–water partition coefficient (Wildman–Crippen LogP) is 0.137. The highest BCUT2D eigenvalue weighted by molar-refractivity contribution is 5.17. The lowest BCUT2D eigenvalue weighted by molar-refractivity contribution is 0.450. The first-order valence-corrected chi connectivity index (χ1v) is 2.85. The highest BCUT2D eigenvalue weighted by Crippen LogP contribution is 2.07. The van der Waals surface area contributed by atoms with Crippen molar-refractivity contribution in [2.45, 2.75) is 6.42 Å². The Kier molecular flexibility index (Phi) is 1.62. The topological polar surface area (TPSA) is 68.9 Å². The van der Waals surface area contributed by atoms with Crippen LogP contribution in [0.25, 0.3) is 0 Å². The van der Waals surface area contributed by atoms with Crippen LogP contribution in [0.4, 0.5) is 0 Å². The Morgan fingerprint density at radius 2 is 2.30 bits per heavy atom. The Morgan fingerprint density at radius 3 is 2.70 bits per heavy atom. The van der Waals surface area contributed by atoms with E-state index in [2.05, 4.69) is 16.5 Å². The summed E-state index contributed by atoms with van der Waals surface area (Å²) in [7, 11) is 0. The Hall–Kier alpha value is -1.45. The lowest BCUT2D eigenvalue weighted by atomic mass is 10.3. The molecule has 0 aliphatic heterocycles. The Bertz CT molecular complexity index is 284. The quantitative estimate of drug-likeness (QED) is 0.511. The standard InChI is InChI=1S/C6H8N2O2/c1-2-3-4-5(9)8-6(10)7-4/h2,9H,1,3H2,(H2,7,8,10). The van der Waals surface area contributed by atoms with Crippen LogP contribution in [0, 0.1) is 0 Å². The third kappa shape index (κ3) is 1.10. The van der Waals surface area contributed by atoms with Gasteiger partial charge in [-0.25, -0.2) is 4.79 Å². The van der Waals surface area contributed by atoms with Gasteiger partial charge in [0, 0.05) is 6.42 Å². The van der Waals surface area contributed by atoms with Crippen molar-refractivity contribution in [2.24, 2.45) is 0 Å². The second-order valence-corrected chi connectivity index (χ2v) is 1.90. The molecule has 0 spiro atoms. The number of aromatic hydroxyl groups is 1. The first kappa shape index (κ1) is 6.67. The molecule has 0 aliphatic rings. The molecule has 0 amide bonds. The molecule has 1 aromatic heterocycles. The van der Waals surface area contributed by atoms with Gasteiger partial charge in [0.1, 0.15) is 0 Å². The molecule has 1 aromatic rings. The molecule has 0 aromatic carbocycles. The van der Waals surface area contributed by atoms with E-state index in [9.17, 15) is 4.79 Å². The Balaban J connectivity index is 3.02. The van der Waals surface area contributed by atoms with Gasteiger partial charge < -0.3 is 10.1 Å². The van der Waals surface area contributed by atoms with Gasteiger partial charge in [-0.15, -0.1) is 6.58 Å². The first-order valence-electron chi connectivity index (χ1n) is 2.85. The van der Waals surface area contributed by atoms with Gasteiger partial charge in [0.05, 0.1) is 5.69 Å². The maximum atomic E-state index is 10.5. The summed E-state index contributed by atoms with van der Waals surface area (Å²) in [5, 5.41) is 8.93. The van der Waals surface area contributed by atoms with Crippen LogP contribution >= 0.6 is 0 Å². The molecule has 4 nitrogen and oxygen atoms in total. The molecule has 0 bridgehead atoms. The van der Waals surface area contributed by atoms with Crippen molar-refractivity contribution in [3.63, 3.8) is 0 Å². The van der Waals surface area contributed by atoms with Crippen LogP contribution in [0.15, 0.2) is 17.4 Å². The van der Waals surface area contributed by atoms with E-state index in [1.54, 1.807) is 6.08 Å². The first-order chi connectivity index (χ1) is 4.74. The van der Waals surface area contributed by atoms with Crippen LogP contribution in [0.1, 0.15) is 5.69 Å². The van der Waals surface area contributed by atoms with Crippen molar-refractivity contribution < 1.29 is 5.11 Å². The smallest absolute Gasteiger partial charge is 0.325 e. The summed E-state index contributed by atoms with van der Waals surface area (Å²) >= 11 is 0. The fourth-order valence-corrected chi connectivity index (χ4v) is 0.703. The number of aromatic nitrogens is 2. The van der Waals surface area contributed by atoms with Crippen molar-refractivity contribution in [1.29, 1.82) is 0 Å². The van der Waals surface area contributed by atoms with Gasteiger partial charge >= 0.3 is 5.69 Å². The molecule has 0 unspecified atom stereocenters. The zero-order valence-electron chi connectivity index (χ0n) is 5.35. The molecular formula is C6H8N2O2. The molecule has 0 fully saturated rings. The van der Waals surface area contributed by atoms with Gasteiger partial charge in [-0.3, -0.25) is 4.98 Å². The van der Waals surface area contributed by atoms with Gasteiger partial charge in [0.2, 0.25) is 5.88 Å². The molecule has 0 saturated heterocycles. The summed E-state index contributed by atoms with van der Waals surface area (Å²) in [4.78, 5) is 15.1. The number of nitrogens with one attached hydrogen (secondary N) is 2. The molecule has 0 aliphatic carbocycles. The maximum Gasteiger partial charge on any atom is 0.325 e. The van der Waals surface area contributed by atoms with Gasteiger partial charge in [0.15, 0.2) is 0 Å². The average Bonchev–Trinajstić information content (AvgIpc) is 2.13. The third-order valence-electron chi connectivity index (χ3n) is 1.13. The van der Waals surface area contributed by atoms with Gasteiger partial charge in [0.25, 0.3) is 0 Å². The molecule has 0 radical (unpaired) electrons. The zero-order chi connectivity index (χ0) is 7.56. The summed E-state index contributed by atoms with van der Waals surface area (Å²) < 4.78 is 0. The average molecular weight is 140 g/mol. The lowest BCUT2D eigenvalue weighted by Crippen LogP contribution is -2.00. The summed E-state index contributed by atoms with van der Waals surface area (Å²) in [6.45, 7) is 3.46. The van der Waals surface area contributed by atoms with Crippen LogP contribution < -0.4 is 5.69 Å². The number of hydrogen-bond donors (Lipinski definition) is 3. The number of allylic oxidation sites excluding steroid dienone is 1. The lowest BCUT2D eigenvalue weighted by Gasteiger charge is -1.87. The van der Waals surface area contributed by atoms with E-state index in [1.807, 2.05) is 0 Å². The molecular weight excluding hydrogens is 132 g/mol. The normalized spacial score (nSPS) is 9.60. The van der Waals surface area contributed by atoms with Crippen molar-refractivity contribution in [3.05, 3.63) is 28.8 Å².